The van der Waals surface area contributed by atoms with Crippen molar-refractivity contribution in [3.05, 3.63) is 0 Å². The van der Waals surface area contributed by atoms with Gasteiger partial charge in [0.05, 0.1) is 0 Å². The number of ether oxygens (including phenoxy) is 1. The van der Waals surface area contributed by atoms with Crippen molar-refractivity contribution >= 4 is 0 Å². The third-order valence-corrected chi connectivity index (χ3v) is 3.60. The normalized spacial score (nSPS) is 12.8. The van der Waals surface area contributed by atoms with Crippen molar-refractivity contribution < 1.29 is 4.74 Å². The summed E-state index contributed by atoms with van der Waals surface area (Å²) in [6, 6.07) is 0.393. The molecule has 1 unspecified atom stereocenters. The van der Waals surface area contributed by atoms with Crippen LogP contribution < -0.4 is 5.73 Å². The monoisotopic (exact) mass is 257 g/mol. The minimum absolute atomic E-state index is 0.393. The molecule has 2 nitrogen and oxygen atoms in total. The summed E-state index contributed by atoms with van der Waals surface area (Å²) < 4.78 is 5.03. The summed E-state index contributed by atoms with van der Waals surface area (Å²) in [5, 5.41) is 0. The molecule has 0 spiro atoms. The zero-order valence-corrected chi connectivity index (χ0v) is 12.8. The minimum Gasteiger partial charge on any atom is -0.385 e. The Bertz CT molecular complexity index is 150. The predicted molar refractivity (Wildman–Crippen MR) is 80.9 cm³/mol. The van der Waals surface area contributed by atoms with Crippen LogP contribution in [0.4, 0.5) is 0 Å². The molecule has 0 amide bonds. The summed E-state index contributed by atoms with van der Waals surface area (Å²) in [5.41, 5.74) is 6.05. The highest BCUT2D eigenvalue weighted by molar-refractivity contribution is 4.61. The summed E-state index contributed by atoms with van der Waals surface area (Å²) in [6.45, 7) is 3.13. The molecule has 0 aromatic heterocycles. The lowest BCUT2D eigenvalue weighted by Gasteiger charge is -2.10. The van der Waals surface area contributed by atoms with Crippen molar-refractivity contribution in [1.29, 1.82) is 0 Å². The molecule has 0 heterocycles. The fraction of sp³-hybridized carbons (Fsp3) is 1.00. The van der Waals surface area contributed by atoms with Gasteiger partial charge in [-0.3, -0.25) is 0 Å². The van der Waals surface area contributed by atoms with Crippen LogP contribution in [-0.4, -0.2) is 19.8 Å². The number of rotatable bonds is 14. The van der Waals surface area contributed by atoms with E-state index in [1.165, 1.54) is 64.2 Å². The van der Waals surface area contributed by atoms with Crippen LogP contribution in [0.15, 0.2) is 0 Å². The Balaban J connectivity index is 3.05. The molecular weight excluding hydrogens is 222 g/mol. The SMILES string of the molecule is CCCCCCCCCCCC(N)CCCOC. The lowest BCUT2D eigenvalue weighted by atomic mass is 10.0. The van der Waals surface area contributed by atoms with Crippen LogP contribution in [0.5, 0.6) is 0 Å². The summed E-state index contributed by atoms with van der Waals surface area (Å²) in [7, 11) is 1.76. The molecule has 18 heavy (non-hydrogen) atoms. The lowest BCUT2D eigenvalue weighted by molar-refractivity contribution is 0.190. The maximum atomic E-state index is 6.05. The second-order valence-electron chi connectivity index (χ2n) is 5.51. The number of hydrogen-bond donors (Lipinski definition) is 1. The highest BCUT2D eigenvalue weighted by Crippen LogP contribution is 2.12. The maximum absolute atomic E-state index is 6.05. The molecule has 0 aromatic rings. The number of nitrogens with two attached hydrogens (primary N) is 1. The van der Waals surface area contributed by atoms with Crippen molar-refractivity contribution in [2.75, 3.05) is 13.7 Å². The zero-order valence-electron chi connectivity index (χ0n) is 12.8. The molecule has 0 radical (unpaired) electrons. The Morgan fingerprint density at radius 2 is 1.28 bits per heavy atom. The van der Waals surface area contributed by atoms with E-state index in [0.29, 0.717) is 6.04 Å². The second-order valence-corrected chi connectivity index (χ2v) is 5.51. The fourth-order valence-corrected chi connectivity index (χ4v) is 2.35. The van der Waals surface area contributed by atoms with E-state index in [4.69, 9.17) is 10.5 Å². The van der Waals surface area contributed by atoms with E-state index in [9.17, 15) is 0 Å². The third kappa shape index (κ3) is 14.0. The van der Waals surface area contributed by atoms with E-state index in [1.54, 1.807) is 7.11 Å². The van der Waals surface area contributed by atoms with Gasteiger partial charge in [-0.2, -0.15) is 0 Å². The van der Waals surface area contributed by atoms with Crippen molar-refractivity contribution in [3.63, 3.8) is 0 Å². The highest BCUT2D eigenvalue weighted by atomic mass is 16.5. The number of hydrogen-bond acceptors (Lipinski definition) is 2. The van der Waals surface area contributed by atoms with Gasteiger partial charge in [-0.15, -0.1) is 0 Å². The van der Waals surface area contributed by atoms with E-state index in [2.05, 4.69) is 6.92 Å². The van der Waals surface area contributed by atoms with Crippen LogP contribution in [0, 0.1) is 0 Å². The van der Waals surface area contributed by atoms with Gasteiger partial charge in [-0.1, -0.05) is 64.7 Å². The zero-order chi connectivity index (χ0) is 13.5. The van der Waals surface area contributed by atoms with Gasteiger partial charge in [-0.25, -0.2) is 0 Å². The maximum Gasteiger partial charge on any atom is 0.0462 e. The van der Waals surface area contributed by atoms with Gasteiger partial charge < -0.3 is 10.5 Å². The summed E-state index contributed by atoms with van der Waals surface area (Å²) >= 11 is 0. The van der Waals surface area contributed by atoms with Crippen molar-refractivity contribution in [2.45, 2.75) is 90.0 Å². The summed E-state index contributed by atoms with van der Waals surface area (Å²) in [4.78, 5) is 0. The van der Waals surface area contributed by atoms with Crippen LogP contribution >= 0.6 is 0 Å². The summed E-state index contributed by atoms with van der Waals surface area (Å²) in [6.07, 6.45) is 16.0. The van der Waals surface area contributed by atoms with Gasteiger partial charge in [0.25, 0.3) is 0 Å². The van der Waals surface area contributed by atoms with Gasteiger partial charge in [0, 0.05) is 19.8 Å². The molecule has 2 heteroatoms. The van der Waals surface area contributed by atoms with E-state index >= 15 is 0 Å². The molecule has 0 aliphatic carbocycles. The van der Waals surface area contributed by atoms with Gasteiger partial charge in [0.15, 0.2) is 0 Å². The average molecular weight is 257 g/mol. The molecular formula is C16H35NO. The van der Waals surface area contributed by atoms with Crippen LogP contribution in [-0.2, 0) is 4.74 Å². The molecule has 0 saturated heterocycles. The Labute approximate surface area is 115 Å². The van der Waals surface area contributed by atoms with Crippen molar-refractivity contribution in [3.8, 4) is 0 Å². The molecule has 0 fully saturated rings. The third-order valence-electron chi connectivity index (χ3n) is 3.60. The second kappa shape index (κ2) is 15.0. The van der Waals surface area contributed by atoms with Crippen LogP contribution in [0.3, 0.4) is 0 Å². The number of methoxy groups -OCH3 is 1. The van der Waals surface area contributed by atoms with Gasteiger partial charge >= 0.3 is 0 Å². The first-order valence-electron chi connectivity index (χ1n) is 8.05. The Kier molecular flexibility index (Phi) is 14.9. The first kappa shape index (κ1) is 17.9. The van der Waals surface area contributed by atoms with Crippen LogP contribution in [0.1, 0.15) is 84.0 Å². The largest absolute Gasteiger partial charge is 0.385 e. The topological polar surface area (TPSA) is 35.2 Å². The molecule has 110 valence electrons. The van der Waals surface area contributed by atoms with Crippen molar-refractivity contribution in [1.82, 2.24) is 0 Å². The van der Waals surface area contributed by atoms with E-state index in [0.717, 1.165) is 19.4 Å². The molecule has 0 bridgehead atoms. The number of unbranched alkanes of at least 4 members (excludes halogenated alkanes) is 8. The predicted octanol–water partition coefficient (Wildman–Crippen LogP) is 4.66. The fourth-order valence-electron chi connectivity index (χ4n) is 2.35. The minimum atomic E-state index is 0.393. The molecule has 0 aromatic carbocycles. The van der Waals surface area contributed by atoms with Crippen molar-refractivity contribution in [2.24, 2.45) is 5.73 Å². The van der Waals surface area contributed by atoms with Crippen LogP contribution in [0.25, 0.3) is 0 Å². The quantitative estimate of drug-likeness (QED) is 0.459. The average Bonchev–Trinajstić information content (AvgIpc) is 2.37. The molecule has 0 aliphatic heterocycles. The van der Waals surface area contributed by atoms with Crippen LogP contribution in [0.2, 0.25) is 0 Å². The smallest absolute Gasteiger partial charge is 0.0462 e. The first-order valence-corrected chi connectivity index (χ1v) is 8.05. The Hall–Kier alpha value is -0.0800. The standard InChI is InChI=1S/C16H35NO/c1-3-4-5-6-7-8-9-10-11-13-16(17)14-12-15-18-2/h16H,3-15,17H2,1-2H3. The van der Waals surface area contributed by atoms with E-state index < -0.39 is 0 Å². The van der Waals surface area contributed by atoms with E-state index in [-0.39, 0.29) is 0 Å². The lowest BCUT2D eigenvalue weighted by Crippen LogP contribution is -2.20. The molecule has 0 rings (SSSR count). The van der Waals surface area contributed by atoms with Gasteiger partial charge in [0.1, 0.15) is 0 Å². The first-order chi connectivity index (χ1) is 8.81. The Morgan fingerprint density at radius 3 is 1.83 bits per heavy atom. The molecule has 2 N–H and O–H groups in total. The van der Waals surface area contributed by atoms with Gasteiger partial charge in [0.2, 0.25) is 0 Å². The Morgan fingerprint density at radius 1 is 0.778 bits per heavy atom. The molecule has 0 saturated carbocycles. The van der Waals surface area contributed by atoms with Gasteiger partial charge in [-0.05, 0) is 19.3 Å². The van der Waals surface area contributed by atoms with E-state index in [1.807, 2.05) is 0 Å². The highest BCUT2D eigenvalue weighted by Gasteiger charge is 2.01. The summed E-state index contributed by atoms with van der Waals surface area (Å²) in [5.74, 6) is 0. The molecule has 1 atom stereocenters. The molecule has 0 aliphatic rings.